The van der Waals surface area contributed by atoms with Crippen molar-refractivity contribution in [2.75, 3.05) is 0 Å². The van der Waals surface area contributed by atoms with E-state index in [-0.39, 0.29) is 12.1 Å². The molecule has 0 heterocycles. The molecule has 6 heteroatoms. The summed E-state index contributed by atoms with van der Waals surface area (Å²) in [7, 11) is 0. The van der Waals surface area contributed by atoms with Crippen molar-refractivity contribution in [2.24, 2.45) is 5.73 Å². The Morgan fingerprint density at radius 2 is 1.86 bits per heavy atom. The van der Waals surface area contributed by atoms with Crippen molar-refractivity contribution in [3.8, 4) is 0 Å². The van der Waals surface area contributed by atoms with Crippen LogP contribution in [0.2, 0.25) is 5.02 Å². The average Bonchev–Trinajstić information content (AvgIpc) is 1.99. The molecular weight excluding hydrogens is 222 g/mol. The van der Waals surface area contributed by atoms with Gasteiger partial charge in [0.15, 0.2) is 0 Å². The lowest BCUT2D eigenvalue weighted by molar-refractivity contribution is -0.139. The first-order valence-corrected chi connectivity index (χ1v) is 3.99. The highest BCUT2D eigenvalue weighted by molar-refractivity contribution is 6.31. The summed E-state index contributed by atoms with van der Waals surface area (Å²) in [6.45, 7) is -0.0607. The zero-order chi connectivity index (χ0) is 10.9. The van der Waals surface area contributed by atoms with Crippen LogP contribution < -0.4 is 5.73 Å². The van der Waals surface area contributed by atoms with Crippen LogP contribution in [0.3, 0.4) is 0 Å². The second-order valence-electron chi connectivity index (χ2n) is 2.64. The van der Waals surface area contributed by atoms with E-state index < -0.39 is 22.6 Å². The Balaban J connectivity index is 3.33. The van der Waals surface area contributed by atoms with Gasteiger partial charge in [-0.25, -0.2) is 4.39 Å². The first-order chi connectivity index (χ1) is 6.36. The molecule has 0 unspecified atom stereocenters. The van der Waals surface area contributed by atoms with Crippen molar-refractivity contribution >= 4 is 11.6 Å². The van der Waals surface area contributed by atoms with E-state index in [1.807, 2.05) is 0 Å². The average molecular weight is 228 g/mol. The van der Waals surface area contributed by atoms with Gasteiger partial charge in [-0.2, -0.15) is 13.2 Å². The molecular formula is C8H6ClF4N. The number of benzene rings is 1. The minimum absolute atomic E-state index is 0.0607. The van der Waals surface area contributed by atoms with Gasteiger partial charge in [0.1, 0.15) is 11.4 Å². The Bertz CT molecular complexity index is 325. The van der Waals surface area contributed by atoms with Crippen molar-refractivity contribution in [1.82, 2.24) is 0 Å². The maximum Gasteiger partial charge on any atom is 0.420 e. The lowest BCUT2D eigenvalue weighted by atomic mass is 10.1. The van der Waals surface area contributed by atoms with Crippen molar-refractivity contribution in [1.29, 1.82) is 0 Å². The number of halogens is 5. The smallest absolute Gasteiger partial charge is 0.326 e. The molecule has 14 heavy (non-hydrogen) atoms. The predicted molar refractivity (Wildman–Crippen MR) is 44.3 cm³/mol. The molecule has 1 nitrogen and oxygen atoms in total. The van der Waals surface area contributed by atoms with Gasteiger partial charge in [-0.1, -0.05) is 11.6 Å². The van der Waals surface area contributed by atoms with E-state index in [9.17, 15) is 17.6 Å². The molecule has 0 aliphatic rings. The van der Waals surface area contributed by atoms with Crippen LogP contribution in [0.5, 0.6) is 0 Å². The van der Waals surface area contributed by atoms with E-state index in [0.29, 0.717) is 0 Å². The molecule has 0 saturated carbocycles. The van der Waals surface area contributed by atoms with Gasteiger partial charge in [0.2, 0.25) is 0 Å². The van der Waals surface area contributed by atoms with Gasteiger partial charge in [0, 0.05) is 6.54 Å². The van der Waals surface area contributed by atoms with Gasteiger partial charge in [0.05, 0.1) is 5.02 Å². The lowest BCUT2D eigenvalue weighted by Crippen LogP contribution is -2.10. The van der Waals surface area contributed by atoms with Crippen LogP contribution >= 0.6 is 11.6 Å². The Kier molecular flexibility index (Phi) is 3.01. The highest BCUT2D eigenvalue weighted by Crippen LogP contribution is 2.37. The van der Waals surface area contributed by atoms with Crippen LogP contribution in [-0.2, 0) is 12.7 Å². The molecule has 0 aliphatic heterocycles. The molecule has 0 atom stereocenters. The molecule has 1 aromatic rings. The molecule has 1 rings (SSSR count). The van der Waals surface area contributed by atoms with E-state index in [1.54, 1.807) is 0 Å². The monoisotopic (exact) mass is 227 g/mol. The third-order valence-corrected chi connectivity index (χ3v) is 1.92. The van der Waals surface area contributed by atoms with Crippen molar-refractivity contribution < 1.29 is 17.6 Å². The normalized spacial score (nSPS) is 11.9. The van der Waals surface area contributed by atoms with Crippen LogP contribution in [0.1, 0.15) is 11.1 Å². The molecule has 0 aromatic heterocycles. The molecule has 1 aromatic carbocycles. The molecule has 0 amide bonds. The summed E-state index contributed by atoms with van der Waals surface area (Å²) in [4.78, 5) is 0. The van der Waals surface area contributed by atoms with E-state index in [2.05, 4.69) is 0 Å². The van der Waals surface area contributed by atoms with Crippen LogP contribution in [0.15, 0.2) is 12.1 Å². The molecule has 2 N–H and O–H groups in total. The molecule has 0 saturated heterocycles. The molecule has 0 aliphatic carbocycles. The van der Waals surface area contributed by atoms with E-state index in [1.165, 1.54) is 0 Å². The van der Waals surface area contributed by atoms with Gasteiger partial charge >= 0.3 is 6.18 Å². The molecule has 78 valence electrons. The first kappa shape index (κ1) is 11.3. The molecule has 0 bridgehead atoms. The van der Waals surface area contributed by atoms with Crippen LogP contribution in [0.25, 0.3) is 0 Å². The second kappa shape index (κ2) is 3.74. The van der Waals surface area contributed by atoms with Crippen molar-refractivity contribution in [2.45, 2.75) is 12.7 Å². The number of hydrogen-bond acceptors (Lipinski definition) is 1. The van der Waals surface area contributed by atoms with Gasteiger partial charge in [-0.3, -0.25) is 0 Å². The van der Waals surface area contributed by atoms with E-state index in [0.717, 1.165) is 12.1 Å². The maximum atomic E-state index is 12.9. The van der Waals surface area contributed by atoms with Gasteiger partial charge in [-0.15, -0.1) is 0 Å². The minimum Gasteiger partial charge on any atom is -0.326 e. The standard InChI is InChI=1S/C8H6ClF4N/c9-5-1-4(3-14)2-6(10)7(5)8(11,12)13/h1-2H,3,14H2. The van der Waals surface area contributed by atoms with Crippen molar-refractivity contribution in [3.05, 3.63) is 34.1 Å². The van der Waals surface area contributed by atoms with Crippen LogP contribution in [0, 0.1) is 5.82 Å². The number of alkyl halides is 3. The lowest BCUT2D eigenvalue weighted by Gasteiger charge is -2.11. The Hall–Kier alpha value is -0.810. The Labute approximate surface area is 82.5 Å². The fourth-order valence-electron chi connectivity index (χ4n) is 1.01. The van der Waals surface area contributed by atoms with Gasteiger partial charge in [-0.05, 0) is 17.7 Å². The highest BCUT2D eigenvalue weighted by atomic mass is 35.5. The predicted octanol–water partition coefficient (Wildman–Crippen LogP) is 2.96. The third-order valence-electron chi connectivity index (χ3n) is 1.62. The summed E-state index contributed by atoms with van der Waals surface area (Å²) < 4.78 is 49.5. The molecule has 0 fully saturated rings. The summed E-state index contributed by atoms with van der Waals surface area (Å²) in [5.41, 5.74) is 3.92. The minimum atomic E-state index is -4.78. The quantitative estimate of drug-likeness (QED) is 0.734. The number of nitrogens with two attached hydrogens (primary N) is 1. The fourth-order valence-corrected chi connectivity index (χ4v) is 1.35. The van der Waals surface area contributed by atoms with E-state index in [4.69, 9.17) is 17.3 Å². The maximum absolute atomic E-state index is 12.9. The Morgan fingerprint density at radius 1 is 1.29 bits per heavy atom. The van der Waals surface area contributed by atoms with E-state index >= 15 is 0 Å². The first-order valence-electron chi connectivity index (χ1n) is 3.61. The largest absolute Gasteiger partial charge is 0.420 e. The number of hydrogen-bond donors (Lipinski definition) is 1. The summed E-state index contributed by atoms with van der Waals surface area (Å²) in [5, 5.41) is -0.669. The van der Waals surface area contributed by atoms with Crippen LogP contribution in [0.4, 0.5) is 17.6 Å². The summed E-state index contributed by atoms with van der Waals surface area (Å²) in [6, 6.07) is 1.74. The molecule has 0 radical (unpaired) electrons. The Morgan fingerprint density at radius 3 is 2.21 bits per heavy atom. The van der Waals surface area contributed by atoms with Gasteiger partial charge in [0.25, 0.3) is 0 Å². The zero-order valence-electron chi connectivity index (χ0n) is 6.83. The summed E-state index contributed by atoms with van der Waals surface area (Å²) in [6.07, 6.45) is -4.78. The fraction of sp³-hybridized carbons (Fsp3) is 0.250. The third kappa shape index (κ3) is 2.16. The van der Waals surface area contributed by atoms with Crippen molar-refractivity contribution in [3.63, 3.8) is 0 Å². The number of rotatable bonds is 1. The van der Waals surface area contributed by atoms with Gasteiger partial charge < -0.3 is 5.73 Å². The highest BCUT2D eigenvalue weighted by Gasteiger charge is 2.36. The molecule has 0 spiro atoms. The van der Waals surface area contributed by atoms with Crippen LogP contribution in [-0.4, -0.2) is 0 Å². The zero-order valence-corrected chi connectivity index (χ0v) is 7.58. The second-order valence-corrected chi connectivity index (χ2v) is 3.04. The summed E-state index contributed by atoms with van der Waals surface area (Å²) >= 11 is 5.28. The SMILES string of the molecule is NCc1cc(F)c(C(F)(F)F)c(Cl)c1. The summed E-state index contributed by atoms with van der Waals surface area (Å²) in [5.74, 6) is -1.40. The topological polar surface area (TPSA) is 26.0 Å².